The predicted octanol–water partition coefficient (Wildman–Crippen LogP) is 4.08. The summed E-state index contributed by atoms with van der Waals surface area (Å²) in [6.45, 7) is 13.4. The monoisotopic (exact) mass is 329 g/mol. The van der Waals surface area contributed by atoms with Gasteiger partial charge in [-0.1, -0.05) is 36.4 Å². The van der Waals surface area contributed by atoms with Gasteiger partial charge in [0, 0.05) is 5.31 Å². The number of benzene rings is 1. The third-order valence-electron chi connectivity index (χ3n) is 5.57. The lowest BCUT2D eigenvalue weighted by atomic mass is 9.50. The van der Waals surface area contributed by atoms with E-state index in [0.29, 0.717) is 0 Å². The van der Waals surface area contributed by atoms with Crippen LogP contribution in [0.15, 0.2) is 43.0 Å². The second-order valence-corrected chi connectivity index (χ2v) is 8.16. The Balaban J connectivity index is 2.47. The molecule has 1 saturated heterocycles. The van der Waals surface area contributed by atoms with E-state index in [-0.39, 0.29) is 23.6 Å². The van der Waals surface area contributed by atoms with Crippen molar-refractivity contribution in [3.8, 4) is 0 Å². The topological polar surface area (TPSA) is 21.7 Å². The second kappa shape index (κ2) is 7.03. The van der Waals surface area contributed by atoms with Crippen LogP contribution in [0.4, 0.5) is 0 Å². The zero-order valence-electron chi connectivity index (χ0n) is 16.1. The van der Waals surface area contributed by atoms with Crippen molar-refractivity contribution in [1.29, 1.82) is 0 Å². The zero-order valence-corrected chi connectivity index (χ0v) is 16.1. The smallest absolute Gasteiger partial charge is 0.403 e. The van der Waals surface area contributed by atoms with Gasteiger partial charge in [-0.3, -0.25) is 0 Å². The maximum Gasteiger partial charge on any atom is 0.469 e. The maximum absolute atomic E-state index is 6.48. The van der Waals surface area contributed by atoms with Gasteiger partial charge in [0.15, 0.2) is 0 Å². The summed E-state index contributed by atoms with van der Waals surface area (Å²) in [5, 5.41) is -0.238. The predicted molar refractivity (Wildman–Crippen MR) is 102 cm³/mol. The molecule has 0 spiro atoms. The molecule has 1 unspecified atom stereocenters. The van der Waals surface area contributed by atoms with Gasteiger partial charge in [-0.2, -0.15) is 0 Å². The maximum atomic E-state index is 6.48. The molecule has 0 saturated carbocycles. The lowest BCUT2D eigenvalue weighted by molar-refractivity contribution is 0.00578. The van der Waals surface area contributed by atoms with Gasteiger partial charge in [0.25, 0.3) is 0 Å². The van der Waals surface area contributed by atoms with Crippen molar-refractivity contribution in [2.45, 2.75) is 57.1 Å². The highest BCUT2D eigenvalue weighted by molar-refractivity contribution is 6.50. The highest BCUT2D eigenvalue weighted by Gasteiger charge is 2.59. The summed E-state index contributed by atoms with van der Waals surface area (Å²) in [7, 11) is 3.92. The average Bonchev–Trinajstić information content (AvgIpc) is 2.73. The first kappa shape index (κ1) is 19.2. The molecule has 132 valence electrons. The molecule has 24 heavy (non-hydrogen) atoms. The minimum Gasteiger partial charge on any atom is -0.403 e. The standard InChI is InChI=1S/C20H32BNO2/c1-8-14-20(15-16-22(6)7,17-12-10-9-11-13-17)21-23-18(2,3)19(4,5)24-21/h8-13H,1,14-16H2,2-7H3. The molecule has 0 amide bonds. The SMILES string of the molecule is C=CCC(CCN(C)C)(B1OC(C)(C)C(C)(C)O1)c1ccccc1. The molecule has 0 N–H and O–H groups in total. The Labute approximate surface area is 148 Å². The molecule has 0 aliphatic carbocycles. The summed E-state index contributed by atoms with van der Waals surface area (Å²) in [6.07, 6.45) is 3.77. The molecule has 4 heteroatoms. The summed E-state index contributed by atoms with van der Waals surface area (Å²) in [5.41, 5.74) is 0.582. The first-order chi connectivity index (χ1) is 11.1. The number of rotatable bonds is 7. The first-order valence-corrected chi connectivity index (χ1v) is 8.81. The van der Waals surface area contributed by atoms with Gasteiger partial charge in [-0.05, 0) is 66.7 Å². The molecule has 1 fully saturated rings. The fraction of sp³-hybridized carbons (Fsp3) is 0.600. The quantitative estimate of drug-likeness (QED) is 0.556. The van der Waals surface area contributed by atoms with Crippen LogP contribution < -0.4 is 0 Å². The molecule has 1 atom stereocenters. The fourth-order valence-corrected chi connectivity index (χ4v) is 3.23. The second-order valence-electron chi connectivity index (χ2n) is 8.16. The minimum absolute atomic E-state index is 0.238. The van der Waals surface area contributed by atoms with Crippen LogP contribution in [0, 0.1) is 0 Å². The molecular weight excluding hydrogens is 297 g/mol. The molecule has 1 aliphatic heterocycles. The van der Waals surface area contributed by atoms with E-state index < -0.39 is 0 Å². The van der Waals surface area contributed by atoms with E-state index in [1.807, 2.05) is 6.08 Å². The Bertz CT molecular complexity index is 540. The summed E-state index contributed by atoms with van der Waals surface area (Å²) in [5.74, 6) is 0. The van der Waals surface area contributed by atoms with E-state index in [4.69, 9.17) is 9.31 Å². The van der Waals surface area contributed by atoms with E-state index >= 15 is 0 Å². The largest absolute Gasteiger partial charge is 0.469 e. The van der Waals surface area contributed by atoms with Gasteiger partial charge in [-0.15, -0.1) is 6.58 Å². The Morgan fingerprint density at radius 3 is 2.08 bits per heavy atom. The van der Waals surface area contributed by atoms with Gasteiger partial charge in [0.1, 0.15) is 0 Å². The summed E-state index contributed by atoms with van der Waals surface area (Å²) >= 11 is 0. The van der Waals surface area contributed by atoms with E-state index in [1.54, 1.807) is 0 Å². The van der Waals surface area contributed by atoms with Gasteiger partial charge >= 0.3 is 7.12 Å². The van der Waals surface area contributed by atoms with Crippen LogP contribution in [0.25, 0.3) is 0 Å². The van der Waals surface area contributed by atoms with Crippen molar-refractivity contribution in [2.24, 2.45) is 0 Å². The molecule has 0 bridgehead atoms. The Kier molecular flexibility index (Phi) is 5.63. The highest BCUT2D eigenvalue weighted by atomic mass is 16.7. The van der Waals surface area contributed by atoms with E-state index in [2.05, 4.69) is 83.6 Å². The molecular formula is C20H32BNO2. The van der Waals surface area contributed by atoms with E-state index in [1.165, 1.54) is 5.56 Å². The lowest BCUT2D eigenvalue weighted by Crippen LogP contribution is -2.47. The zero-order chi connectivity index (χ0) is 18.0. The molecule has 0 radical (unpaired) electrons. The molecule has 2 rings (SSSR count). The number of hydrogen-bond acceptors (Lipinski definition) is 3. The average molecular weight is 329 g/mol. The van der Waals surface area contributed by atoms with Crippen molar-refractivity contribution in [2.75, 3.05) is 20.6 Å². The van der Waals surface area contributed by atoms with Gasteiger partial charge < -0.3 is 14.2 Å². The minimum atomic E-state index is -0.336. The van der Waals surface area contributed by atoms with Crippen LogP contribution in [-0.2, 0) is 14.6 Å². The van der Waals surface area contributed by atoms with E-state index in [9.17, 15) is 0 Å². The molecule has 1 aromatic carbocycles. The summed E-state index contributed by atoms with van der Waals surface area (Å²) in [6, 6.07) is 10.6. The summed E-state index contributed by atoms with van der Waals surface area (Å²) in [4.78, 5) is 2.21. The van der Waals surface area contributed by atoms with Gasteiger partial charge in [0.2, 0.25) is 0 Å². The highest BCUT2D eigenvalue weighted by Crippen LogP contribution is 2.46. The number of nitrogens with zero attached hydrogens (tertiary/aromatic N) is 1. The third kappa shape index (κ3) is 3.61. The Hall–Kier alpha value is -1.10. The Morgan fingerprint density at radius 2 is 1.62 bits per heavy atom. The lowest BCUT2D eigenvalue weighted by Gasteiger charge is -2.36. The summed E-state index contributed by atoms with van der Waals surface area (Å²) < 4.78 is 13.0. The Morgan fingerprint density at radius 1 is 1.08 bits per heavy atom. The van der Waals surface area contributed by atoms with Gasteiger partial charge in [0.05, 0.1) is 11.2 Å². The molecule has 1 heterocycles. The van der Waals surface area contributed by atoms with Crippen LogP contribution in [0.5, 0.6) is 0 Å². The van der Waals surface area contributed by atoms with Gasteiger partial charge in [-0.25, -0.2) is 0 Å². The molecule has 0 aromatic heterocycles. The molecule has 1 aliphatic rings. The van der Waals surface area contributed by atoms with Crippen molar-refractivity contribution >= 4 is 7.12 Å². The number of hydrogen-bond donors (Lipinski definition) is 0. The van der Waals surface area contributed by atoms with Crippen molar-refractivity contribution in [3.63, 3.8) is 0 Å². The van der Waals surface area contributed by atoms with Crippen molar-refractivity contribution in [3.05, 3.63) is 48.6 Å². The van der Waals surface area contributed by atoms with Crippen molar-refractivity contribution in [1.82, 2.24) is 4.90 Å². The number of allylic oxidation sites excluding steroid dienone is 1. The molecule has 1 aromatic rings. The third-order valence-corrected chi connectivity index (χ3v) is 5.57. The fourth-order valence-electron chi connectivity index (χ4n) is 3.23. The van der Waals surface area contributed by atoms with Crippen LogP contribution >= 0.6 is 0 Å². The first-order valence-electron chi connectivity index (χ1n) is 8.81. The van der Waals surface area contributed by atoms with E-state index in [0.717, 1.165) is 19.4 Å². The van der Waals surface area contributed by atoms with Crippen molar-refractivity contribution < 1.29 is 9.31 Å². The van der Waals surface area contributed by atoms with Crippen LogP contribution in [0.1, 0.15) is 46.1 Å². The van der Waals surface area contributed by atoms with Crippen LogP contribution in [-0.4, -0.2) is 43.9 Å². The van der Waals surface area contributed by atoms with Crippen LogP contribution in [0.2, 0.25) is 0 Å². The van der Waals surface area contributed by atoms with Crippen LogP contribution in [0.3, 0.4) is 0 Å². The normalized spacial score (nSPS) is 21.7. The molecule has 3 nitrogen and oxygen atoms in total.